The molecule has 0 unspecified atom stereocenters. The fourth-order valence-electron chi connectivity index (χ4n) is 3.06. The van der Waals surface area contributed by atoms with Crippen molar-refractivity contribution < 1.29 is 4.74 Å². The predicted molar refractivity (Wildman–Crippen MR) is 79.8 cm³/mol. The van der Waals surface area contributed by atoms with Crippen LogP contribution in [0.3, 0.4) is 0 Å². The van der Waals surface area contributed by atoms with Crippen molar-refractivity contribution in [2.24, 2.45) is 0 Å². The van der Waals surface area contributed by atoms with E-state index < -0.39 is 8.07 Å². The fourth-order valence-corrected chi connectivity index (χ4v) is 8.34. The third kappa shape index (κ3) is 1.46. The number of hydrogen-bond acceptors (Lipinski definition) is 3. The van der Waals surface area contributed by atoms with Gasteiger partial charge in [0.05, 0.1) is 23.9 Å². The highest BCUT2D eigenvalue weighted by Crippen LogP contribution is 2.61. The van der Waals surface area contributed by atoms with Crippen LogP contribution in [0.15, 0.2) is 24.3 Å². The third-order valence-corrected chi connectivity index (χ3v) is 8.24. The van der Waals surface area contributed by atoms with Gasteiger partial charge in [-0.25, -0.2) is 4.98 Å². The Morgan fingerprint density at radius 3 is 2.28 bits per heavy atom. The number of aromatic nitrogens is 1. The lowest BCUT2D eigenvalue weighted by molar-refractivity contribution is 0.309. The largest absolute Gasteiger partial charge is 0.359 e. The Morgan fingerprint density at radius 2 is 1.78 bits per heavy atom. The molecule has 1 saturated heterocycles. The van der Waals surface area contributed by atoms with Gasteiger partial charge in [-0.05, 0) is 26.0 Å². The Labute approximate surface area is 113 Å². The van der Waals surface area contributed by atoms with Crippen molar-refractivity contribution in [3.63, 3.8) is 0 Å². The van der Waals surface area contributed by atoms with Crippen LogP contribution >= 0.6 is 11.3 Å². The number of thiazole rings is 1. The monoisotopic (exact) mass is 277 g/mol. The standard InChI is InChI=1S/C14H19NOSSi/c1-13(2)14(16-13,18(3,4)5)12-15-10-8-6-7-9-11(10)17-12/h6-9H,1-5H3/t14-/m1/s1. The molecule has 1 aliphatic heterocycles. The van der Waals surface area contributed by atoms with E-state index in [1.165, 1.54) is 9.71 Å². The van der Waals surface area contributed by atoms with Crippen LogP contribution in [0.1, 0.15) is 18.9 Å². The van der Waals surface area contributed by atoms with Crippen molar-refractivity contribution >= 4 is 29.6 Å². The first kappa shape index (κ1) is 12.3. The lowest BCUT2D eigenvalue weighted by atomic mass is 10.1. The lowest BCUT2D eigenvalue weighted by Gasteiger charge is -2.25. The van der Waals surface area contributed by atoms with Gasteiger partial charge in [0.25, 0.3) is 0 Å². The van der Waals surface area contributed by atoms with Crippen LogP contribution in [-0.2, 0) is 9.96 Å². The van der Waals surface area contributed by atoms with Gasteiger partial charge in [0.15, 0.2) is 0 Å². The zero-order valence-electron chi connectivity index (χ0n) is 11.6. The van der Waals surface area contributed by atoms with Gasteiger partial charge in [0.2, 0.25) is 0 Å². The van der Waals surface area contributed by atoms with Crippen molar-refractivity contribution in [1.82, 2.24) is 4.98 Å². The van der Waals surface area contributed by atoms with Crippen LogP contribution in [0.4, 0.5) is 0 Å². The highest BCUT2D eigenvalue weighted by atomic mass is 32.1. The summed E-state index contributed by atoms with van der Waals surface area (Å²) in [6, 6.07) is 8.35. The van der Waals surface area contributed by atoms with Gasteiger partial charge in [-0.2, -0.15) is 0 Å². The Bertz CT molecular complexity index is 581. The van der Waals surface area contributed by atoms with Gasteiger partial charge in [-0.1, -0.05) is 31.8 Å². The molecule has 3 rings (SSSR count). The summed E-state index contributed by atoms with van der Waals surface area (Å²) < 4.78 is 7.44. The van der Waals surface area contributed by atoms with Crippen LogP contribution in [0, 0.1) is 0 Å². The van der Waals surface area contributed by atoms with E-state index in [0.29, 0.717) is 0 Å². The number of fused-ring (bicyclic) bond motifs is 1. The number of para-hydroxylation sites is 1. The molecule has 18 heavy (non-hydrogen) atoms. The van der Waals surface area contributed by atoms with Crippen LogP contribution in [-0.4, -0.2) is 18.7 Å². The van der Waals surface area contributed by atoms with E-state index in [2.05, 4.69) is 51.7 Å². The first-order valence-electron chi connectivity index (χ1n) is 6.34. The molecule has 2 heterocycles. The van der Waals surface area contributed by atoms with E-state index in [-0.39, 0.29) is 10.8 Å². The first-order chi connectivity index (χ1) is 8.28. The Morgan fingerprint density at radius 1 is 1.17 bits per heavy atom. The molecule has 0 N–H and O–H groups in total. The number of nitrogens with zero attached hydrogens (tertiary/aromatic N) is 1. The van der Waals surface area contributed by atoms with Gasteiger partial charge < -0.3 is 4.74 Å². The Kier molecular flexibility index (Phi) is 2.35. The quantitative estimate of drug-likeness (QED) is 0.608. The summed E-state index contributed by atoms with van der Waals surface area (Å²) in [6.07, 6.45) is 0. The predicted octanol–water partition coefficient (Wildman–Crippen LogP) is 4.18. The summed E-state index contributed by atoms with van der Waals surface area (Å²) in [7, 11) is -1.49. The molecule has 96 valence electrons. The van der Waals surface area contributed by atoms with Gasteiger partial charge >= 0.3 is 0 Å². The second-order valence-electron chi connectivity index (χ2n) is 6.53. The molecule has 1 fully saturated rings. The van der Waals surface area contributed by atoms with E-state index in [4.69, 9.17) is 9.72 Å². The maximum absolute atomic E-state index is 6.18. The summed E-state index contributed by atoms with van der Waals surface area (Å²) >= 11 is 1.79. The second-order valence-corrected chi connectivity index (χ2v) is 12.8. The zero-order valence-corrected chi connectivity index (χ0v) is 13.4. The van der Waals surface area contributed by atoms with E-state index in [0.717, 1.165) is 5.52 Å². The molecule has 1 aliphatic rings. The molecule has 0 amide bonds. The summed E-state index contributed by atoms with van der Waals surface area (Å²) in [5.41, 5.74) is 1.03. The molecule has 2 nitrogen and oxygen atoms in total. The molecule has 0 spiro atoms. The number of ether oxygens (including phenoxy) is 1. The smallest absolute Gasteiger partial charge is 0.136 e. The molecular formula is C14H19NOSSi. The Hall–Kier alpha value is -0.713. The summed E-state index contributed by atoms with van der Waals surface area (Å²) in [6.45, 7) is 11.5. The number of hydrogen-bond donors (Lipinski definition) is 0. The van der Waals surface area contributed by atoms with E-state index in [1.54, 1.807) is 11.3 Å². The van der Waals surface area contributed by atoms with Gasteiger partial charge in [0, 0.05) is 0 Å². The molecule has 4 heteroatoms. The molecular weight excluding hydrogens is 258 g/mol. The van der Waals surface area contributed by atoms with E-state index in [9.17, 15) is 0 Å². The molecule has 0 saturated carbocycles. The van der Waals surface area contributed by atoms with Crippen molar-refractivity contribution in [1.29, 1.82) is 0 Å². The normalized spacial score (nSPS) is 26.5. The minimum atomic E-state index is -1.49. The van der Waals surface area contributed by atoms with Crippen molar-refractivity contribution in [3.8, 4) is 0 Å². The topological polar surface area (TPSA) is 25.4 Å². The van der Waals surface area contributed by atoms with Crippen LogP contribution in [0.25, 0.3) is 10.2 Å². The maximum Gasteiger partial charge on any atom is 0.136 e. The molecule has 1 atom stereocenters. The summed E-state index contributed by atoms with van der Waals surface area (Å²) in [5, 5.41) is 1.07. The molecule has 0 radical (unpaired) electrons. The SMILES string of the molecule is CC1(C)O[C@]1(c1nc2ccccc2s1)[Si](C)(C)C. The minimum Gasteiger partial charge on any atom is -0.359 e. The van der Waals surface area contributed by atoms with E-state index in [1.807, 2.05) is 6.07 Å². The van der Waals surface area contributed by atoms with Crippen molar-refractivity contribution in [3.05, 3.63) is 29.3 Å². The first-order valence-corrected chi connectivity index (χ1v) is 10.7. The van der Waals surface area contributed by atoms with E-state index >= 15 is 0 Å². The van der Waals surface area contributed by atoms with Crippen LogP contribution < -0.4 is 0 Å². The average Bonchev–Trinajstić information content (AvgIpc) is 2.69. The number of benzene rings is 1. The maximum atomic E-state index is 6.18. The highest BCUT2D eigenvalue weighted by Gasteiger charge is 2.72. The molecule has 0 aliphatic carbocycles. The van der Waals surface area contributed by atoms with Crippen LogP contribution in [0.2, 0.25) is 19.6 Å². The molecule has 0 bridgehead atoms. The highest BCUT2D eigenvalue weighted by molar-refractivity contribution is 7.19. The number of epoxide rings is 1. The molecule has 2 aromatic rings. The van der Waals surface area contributed by atoms with Gasteiger partial charge in [0.1, 0.15) is 10.2 Å². The third-order valence-electron chi connectivity index (χ3n) is 3.87. The van der Waals surface area contributed by atoms with Gasteiger partial charge in [-0.3, -0.25) is 0 Å². The van der Waals surface area contributed by atoms with Gasteiger partial charge in [-0.15, -0.1) is 11.3 Å². The Balaban J connectivity index is 2.19. The summed E-state index contributed by atoms with van der Waals surface area (Å²) in [4.78, 5) is 4.84. The lowest BCUT2D eigenvalue weighted by Crippen LogP contribution is -2.43. The second kappa shape index (κ2) is 3.44. The summed E-state index contributed by atoms with van der Waals surface area (Å²) in [5.74, 6) is 0. The molecule has 1 aromatic carbocycles. The minimum absolute atomic E-state index is 0.0641. The molecule has 1 aromatic heterocycles. The zero-order chi connectivity index (χ0) is 13.2. The fraction of sp³-hybridized carbons (Fsp3) is 0.500. The number of rotatable bonds is 2. The van der Waals surface area contributed by atoms with Crippen LogP contribution in [0.5, 0.6) is 0 Å². The van der Waals surface area contributed by atoms with Crippen molar-refractivity contribution in [2.75, 3.05) is 0 Å². The van der Waals surface area contributed by atoms with Crippen molar-refractivity contribution in [2.45, 2.75) is 44.3 Å². The average molecular weight is 277 g/mol.